The van der Waals surface area contributed by atoms with Gasteiger partial charge in [0.1, 0.15) is 6.10 Å². The van der Waals surface area contributed by atoms with Crippen molar-refractivity contribution in [3.05, 3.63) is 40.7 Å². The Morgan fingerprint density at radius 3 is 2.56 bits per heavy atom. The van der Waals surface area contributed by atoms with Gasteiger partial charge in [0.2, 0.25) is 0 Å². The molecule has 194 valence electrons. The summed E-state index contributed by atoms with van der Waals surface area (Å²) in [6.45, 7) is 6.49. The number of ether oxygens (including phenoxy) is 1. The number of carbonyl (C=O) groups is 3. The van der Waals surface area contributed by atoms with E-state index >= 15 is 0 Å². The van der Waals surface area contributed by atoms with Crippen LogP contribution in [0.15, 0.2) is 18.2 Å². The first-order valence-electron chi connectivity index (χ1n) is 12.9. The minimum atomic E-state index is -0.512. The number of primary amides is 1. The van der Waals surface area contributed by atoms with Gasteiger partial charge in [-0.15, -0.1) is 0 Å². The van der Waals surface area contributed by atoms with E-state index in [0.29, 0.717) is 24.1 Å². The fraction of sp³-hybridized carbons (Fsp3) is 0.556. The Morgan fingerprint density at radius 1 is 1.19 bits per heavy atom. The first-order chi connectivity index (χ1) is 17.1. The fourth-order valence-corrected chi connectivity index (χ4v) is 5.39. The van der Waals surface area contributed by atoms with Gasteiger partial charge in [-0.05, 0) is 62.1 Å². The number of hydrogen-bond acceptors (Lipinski definition) is 7. The fourth-order valence-electron chi connectivity index (χ4n) is 5.39. The number of nitrogens with two attached hydrogens (primary N) is 2. The average Bonchev–Trinajstić information content (AvgIpc) is 3.18. The van der Waals surface area contributed by atoms with E-state index in [1.54, 1.807) is 6.07 Å². The van der Waals surface area contributed by atoms with Crippen LogP contribution in [0.4, 0.5) is 5.69 Å². The van der Waals surface area contributed by atoms with E-state index in [2.05, 4.69) is 19.2 Å². The molecule has 1 heterocycles. The molecule has 2 aromatic rings. The Kier molecular flexibility index (Phi) is 7.49. The number of amides is 1. The number of carbonyl (C=O) groups excluding carboxylic acids is 3. The molecule has 36 heavy (non-hydrogen) atoms. The number of ketones is 1. The second-order valence-electron chi connectivity index (χ2n) is 10.7. The molecule has 2 aliphatic rings. The molecule has 5 N–H and O–H groups in total. The van der Waals surface area contributed by atoms with Crippen LogP contribution in [0, 0.1) is 5.41 Å². The molecule has 1 aromatic heterocycles. The molecule has 0 saturated heterocycles. The van der Waals surface area contributed by atoms with Crippen LogP contribution in [0.5, 0.6) is 0 Å². The van der Waals surface area contributed by atoms with Crippen molar-refractivity contribution in [2.45, 2.75) is 84.3 Å². The lowest BCUT2D eigenvalue weighted by molar-refractivity contribution is -0.150. The molecule has 1 aromatic carbocycles. The Hall–Kier alpha value is -3.20. The molecule has 1 amide bonds. The van der Waals surface area contributed by atoms with Gasteiger partial charge in [0.15, 0.2) is 5.78 Å². The van der Waals surface area contributed by atoms with E-state index in [1.165, 1.54) is 0 Å². The molecule has 0 bridgehead atoms. The van der Waals surface area contributed by atoms with Crippen molar-refractivity contribution in [1.82, 2.24) is 9.78 Å². The summed E-state index contributed by atoms with van der Waals surface area (Å²) in [4.78, 5) is 36.9. The highest BCUT2D eigenvalue weighted by Crippen LogP contribution is 2.38. The van der Waals surface area contributed by atoms with Gasteiger partial charge in [0.25, 0.3) is 5.91 Å². The van der Waals surface area contributed by atoms with Gasteiger partial charge in [0.05, 0.1) is 34.6 Å². The van der Waals surface area contributed by atoms with E-state index < -0.39 is 5.91 Å². The molecule has 1 saturated carbocycles. The molecule has 1 fully saturated rings. The second-order valence-corrected chi connectivity index (χ2v) is 10.7. The van der Waals surface area contributed by atoms with Crippen molar-refractivity contribution in [3.63, 3.8) is 0 Å². The number of aromatic nitrogens is 2. The number of benzene rings is 1. The van der Waals surface area contributed by atoms with Crippen LogP contribution in [-0.2, 0) is 22.4 Å². The van der Waals surface area contributed by atoms with Crippen molar-refractivity contribution < 1.29 is 19.1 Å². The van der Waals surface area contributed by atoms with Crippen molar-refractivity contribution >= 4 is 23.3 Å². The van der Waals surface area contributed by atoms with Gasteiger partial charge in [-0.3, -0.25) is 14.4 Å². The van der Waals surface area contributed by atoms with Gasteiger partial charge >= 0.3 is 5.97 Å². The molecule has 2 aliphatic carbocycles. The van der Waals surface area contributed by atoms with Gasteiger partial charge in [0, 0.05) is 24.7 Å². The lowest BCUT2D eigenvalue weighted by Crippen LogP contribution is -2.32. The zero-order valence-electron chi connectivity index (χ0n) is 21.4. The van der Waals surface area contributed by atoms with Crippen LogP contribution in [0.1, 0.15) is 91.4 Å². The normalized spacial score (nSPS) is 21.1. The van der Waals surface area contributed by atoms with Crippen molar-refractivity contribution in [1.29, 1.82) is 0 Å². The van der Waals surface area contributed by atoms with E-state index in [-0.39, 0.29) is 42.3 Å². The summed E-state index contributed by atoms with van der Waals surface area (Å²) in [5, 5.41) is 8.30. The van der Waals surface area contributed by atoms with Crippen LogP contribution in [0.25, 0.3) is 5.69 Å². The Balaban J connectivity index is 1.59. The summed E-state index contributed by atoms with van der Waals surface area (Å²) >= 11 is 0. The van der Waals surface area contributed by atoms with Gasteiger partial charge in [-0.1, -0.05) is 20.8 Å². The van der Waals surface area contributed by atoms with Gasteiger partial charge in [-0.25, -0.2) is 4.68 Å². The number of rotatable bonds is 8. The predicted molar refractivity (Wildman–Crippen MR) is 137 cm³/mol. The SMILES string of the molecule is CCc1nn(-c2ccc(C(N)=O)c(N[C@H]3CC[C@H](OC(=O)CCN)CC3)c2)c2c1C(=O)CC(C)(C)C2. The maximum absolute atomic E-state index is 13.0. The number of Topliss-reactive ketones (excluding diaryl/α,β-unsaturated/α-hetero) is 1. The van der Waals surface area contributed by atoms with Crippen LogP contribution in [-0.4, -0.2) is 46.1 Å². The average molecular weight is 496 g/mol. The first-order valence-corrected chi connectivity index (χ1v) is 12.9. The van der Waals surface area contributed by atoms with Crippen molar-refractivity contribution in [3.8, 4) is 5.69 Å². The zero-order valence-corrected chi connectivity index (χ0v) is 21.4. The number of fused-ring (bicyclic) bond motifs is 1. The van der Waals surface area contributed by atoms with E-state index in [1.807, 2.05) is 23.7 Å². The third-order valence-corrected chi connectivity index (χ3v) is 7.15. The number of nitrogens with one attached hydrogen (secondary N) is 1. The van der Waals surface area contributed by atoms with Crippen LogP contribution < -0.4 is 16.8 Å². The highest BCUT2D eigenvalue weighted by molar-refractivity contribution is 6.00. The van der Waals surface area contributed by atoms with E-state index in [9.17, 15) is 14.4 Å². The topological polar surface area (TPSA) is 142 Å². The van der Waals surface area contributed by atoms with Gasteiger partial charge < -0.3 is 21.5 Å². The largest absolute Gasteiger partial charge is 0.462 e. The smallest absolute Gasteiger partial charge is 0.307 e. The molecule has 4 rings (SSSR count). The lowest BCUT2D eigenvalue weighted by atomic mass is 9.75. The Labute approximate surface area is 211 Å². The van der Waals surface area contributed by atoms with Crippen molar-refractivity contribution in [2.24, 2.45) is 16.9 Å². The van der Waals surface area contributed by atoms with Crippen molar-refractivity contribution in [2.75, 3.05) is 11.9 Å². The maximum Gasteiger partial charge on any atom is 0.307 e. The summed E-state index contributed by atoms with van der Waals surface area (Å²) in [5.74, 6) is -0.629. The summed E-state index contributed by atoms with van der Waals surface area (Å²) in [7, 11) is 0. The monoisotopic (exact) mass is 495 g/mol. The summed E-state index contributed by atoms with van der Waals surface area (Å²) < 4.78 is 7.36. The third kappa shape index (κ3) is 5.46. The molecule has 9 heteroatoms. The number of nitrogens with zero attached hydrogens (tertiary/aromatic N) is 2. The quantitative estimate of drug-likeness (QED) is 0.477. The Bertz CT molecular complexity index is 1160. The number of hydrogen-bond donors (Lipinski definition) is 3. The summed E-state index contributed by atoms with van der Waals surface area (Å²) in [6, 6.07) is 5.56. The van der Waals surface area contributed by atoms with E-state index in [0.717, 1.165) is 54.7 Å². The third-order valence-electron chi connectivity index (χ3n) is 7.15. The highest BCUT2D eigenvalue weighted by Gasteiger charge is 2.36. The predicted octanol–water partition coefficient (Wildman–Crippen LogP) is 3.30. The highest BCUT2D eigenvalue weighted by atomic mass is 16.5. The minimum absolute atomic E-state index is 0.104. The molecule has 0 spiro atoms. The lowest BCUT2D eigenvalue weighted by Gasteiger charge is -2.30. The van der Waals surface area contributed by atoms with Crippen LogP contribution in [0.2, 0.25) is 0 Å². The maximum atomic E-state index is 13.0. The van der Waals surface area contributed by atoms with E-state index in [4.69, 9.17) is 21.3 Å². The van der Waals surface area contributed by atoms with Crippen LogP contribution in [0.3, 0.4) is 0 Å². The molecule has 0 atom stereocenters. The number of anilines is 1. The zero-order chi connectivity index (χ0) is 26.0. The first kappa shape index (κ1) is 25.9. The standard InChI is InChI=1S/C27H37N5O4/c1-4-20-25-22(14-27(2,3)15-23(25)33)32(31-20)17-7-10-19(26(29)35)21(13-17)30-16-5-8-18(9-6-16)36-24(34)11-12-28/h7,10,13,16,18,30H,4-6,8-9,11-12,14-15,28H2,1-3H3,(H2,29,35)/t16-,18-. The van der Waals surface area contributed by atoms with Gasteiger partial charge in [-0.2, -0.15) is 5.10 Å². The molecule has 9 nitrogen and oxygen atoms in total. The summed E-state index contributed by atoms with van der Waals surface area (Å²) in [5.41, 5.74) is 15.3. The van der Waals surface area contributed by atoms with Crippen LogP contribution >= 0.6 is 0 Å². The summed E-state index contributed by atoms with van der Waals surface area (Å²) in [6.07, 6.45) is 5.12. The molecular weight excluding hydrogens is 458 g/mol. The molecular formula is C27H37N5O4. The minimum Gasteiger partial charge on any atom is -0.462 e. The molecule has 0 radical (unpaired) electrons. The molecule has 0 aliphatic heterocycles. The second kappa shape index (κ2) is 10.4. The molecule has 0 unspecified atom stereocenters. The Morgan fingerprint density at radius 2 is 1.92 bits per heavy atom. The number of aryl methyl sites for hydroxylation is 1. The number of esters is 1.